The average molecular weight is 250 g/mol. The van der Waals surface area contributed by atoms with Crippen LogP contribution in [-0.4, -0.2) is 17.6 Å². The number of aromatic carboxylic acids is 1. The first kappa shape index (κ1) is 14.4. The number of nitrogen functional groups attached to an aromatic ring is 1. The van der Waals surface area contributed by atoms with Gasteiger partial charge < -0.3 is 16.2 Å². The molecule has 1 atom stereocenters. The third kappa shape index (κ3) is 3.65. The van der Waals surface area contributed by atoms with Crippen LogP contribution in [0.25, 0.3) is 0 Å². The number of hydrogen-bond donors (Lipinski definition) is 3. The molecule has 18 heavy (non-hydrogen) atoms. The lowest BCUT2D eigenvalue weighted by Gasteiger charge is -2.28. The lowest BCUT2D eigenvalue weighted by Crippen LogP contribution is -2.25. The number of carboxylic acids is 1. The van der Waals surface area contributed by atoms with Crippen molar-refractivity contribution in [3.63, 3.8) is 0 Å². The van der Waals surface area contributed by atoms with E-state index in [4.69, 9.17) is 10.8 Å². The van der Waals surface area contributed by atoms with Gasteiger partial charge in [0.15, 0.2) is 0 Å². The summed E-state index contributed by atoms with van der Waals surface area (Å²) in [6.07, 6.45) is 0. The van der Waals surface area contributed by atoms with Crippen LogP contribution in [-0.2, 0) is 0 Å². The summed E-state index contributed by atoms with van der Waals surface area (Å²) in [5.74, 6) is -0.537. The van der Waals surface area contributed by atoms with E-state index in [0.29, 0.717) is 17.3 Å². The van der Waals surface area contributed by atoms with Gasteiger partial charge in [0.25, 0.3) is 0 Å². The Morgan fingerprint density at radius 2 is 2.06 bits per heavy atom. The molecule has 0 fully saturated rings. The minimum atomic E-state index is -0.965. The van der Waals surface area contributed by atoms with Crippen LogP contribution in [0.5, 0.6) is 0 Å². The van der Waals surface area contributed by atoms with E-state index in [2.05, 4.69) is 33.0 Å². The summed E-state index contributed by atoms with van der Waals surface area (Å²) in [5, 5.41) is 12.3. The highest BCUT2D eigenvalue weighted by Crippen LogP contribution is 2.26. The molecule has 4 heteroatoms. The summed E-state index contributed by atoms with van der Waals surface area (Å²) < 4.78 is 0. The molecule has 100 valence electrons. The van der Waals surface area contributed by atoms with Crippen molar-refractivity contribution in [3.8, 4) is 0 Å². The molecule has 0 bridgehead atoms. The Bertz CT molecular complexity index is 436. The Morgan fingerprint density at radius 1 is 1.44 bits per heavy atom. The lowest BCUT2D eigenvalue weighted by molar-refractivity contribution is 0.0698. The second kappa shape index (κ2) is 5.29. The van der Waals surface area contributed by atoms with Crippen LogP contribution in [0.3, 0.4) is 0 Å². The molecule has 0 amide bonds. The number of carbonyl (C=O) groups is 1. The molecule has 0 saturated carbocycles. The molecule has 0 aliphatic carbocycles. The zero-order chi connectivity index (χ0) is 13.9. The summed E-state index contributed by atoms with van der Waals surface area (Å²) in [6, 6.07) is 4.90. The van der Waals surface area contributed by atoms with Crippen LogP contribution in [0.1, 0.15) is 38.1 Å². The maximum absolute atomic E-state index is 11.1. The largest absolute Gasteiger partial charge is 0.478 e. The summed E-state index contributed by atoms with van der Waals surface area (Å²) in [7, 11) is 0. The van der Waals surface area contributed by atoms with E-state index in [9.17, 15) is 4.79 Å². The molecule has 1 rings (SSSR count). The highest BCUT2D eigenvalue weighted by Gasteiger charge is 2.20. The smallest absolute Gasteiger partial charge is 0.337 e. The normalized spacial score (nSPS) is 13.1. The highest BCUT2D eigenvalue weighted by molar-refractivity contribution is 5.95. The summed E-state index contributed by atoms with van der Waals surface area (Å²) >= 11 is 0. The van der Waals surface area contributed by atoms with E-state index < -0.39 is 5.97 Å². The first-order valence-electron chi connectivity index (χ1n) is 6.08. The number of anilines is 2. The minimum absolute atomic E-state index is 0.185. The molecule has 0 radical (unpaired) electrons. The van der Waals surface area contributed by atoms with Gasteiger partial charge in [-0.3, -0.25) is 0 Å². The van der Waals surface area contributed by atoms with E-state index in [-0.39, 0.29) is 11.0 Å². The lowest BCUT2D eigenvalue weighted by atomic mass is 9.82. The first-order valence-corrected chi connectivity index (χ1v) is 6.08. The SMILES string of the molecule is CC(CNc1ccc(N)cc1C(=O)O)C(C)(C)C. The molecule has 4 N–H and O–H groups in total. The van der Waals surface area contributed by atoms with Crippen molar-refractivity contribution < 1.29 is 9.90 Å². The van der Waals surface area contributed by atoms with Crippen molar-refractivity contribution in [2.24, 2.45) is 11.3 Å². The number of hydrogen-bond acceptors (Lipinski definition) is 3. The Morgan fingerprint density at radius 3 is 2.56 bits per heavy atom. The zero-order valence-electron chi connectivity index (χ0n) is 11.4. The molecule has 0 saturated heterocycles. The summed E-state index contributed by atoms with van der Waals surface area (Å²) in [5.41, 5.74) is 7.08. The van der Waals surface area contributed by atoms with Crippen LogP contribution in [0.2, 0.25) is 0 Å². The number of rotatable bonds is 4. The molecule has 1 aromatic carbocycles. The number of benzene rings is 1. The molecule has 0 aromatic heterocycles. The van der Waals surface area contributed by atoms with Gasteiger partial charge in [-0.1, -0.05) is 27.7 Å². The van der Waals surface area contributed by atoms with Gasteiger partial charge >= 0.3 is 5.97 Å². The fourth-order valence-corrected chi connectivity index (χ4v) is 1.46. The fourth-order valence-electron chi connectivity index (χ4n) is 1.46. The quantitative estimate of drug-likeness (QED) is 0.718. The molecule has 0 aliphatic heterocycles. The van der Waals surface area contributed by atoms with E-state index in [1.54, 1.807) is 12.1 Å². The first-order chi connectivity index (χ1) is 8.21. The molecule has 0 heterocycles. The topological polar surface area (TPSA) is 75.3 Å². The minimum Gasteiger partial charge on any atom is -0.478 e. The molecular weight excluding hydrogens is 228 g/mol. The Kier molecular flexibility index (Phi) is 4.22. The maximum atomic E-state index is 11.1. The summed E-state index contributed by atoms with van der Waals surface area (Å²) in [6.45, 7) is 9.37. The number of carboxylic acid groups (broad SMARTS) is 1. The number of nitrogens with one attached hydrogen (secondary N) is 1. The molecule has 1 unspecified atom stereocenters. The predicted molar refractivity (Wildman–Crippen MR) is 74.9 cm³/mol. The second-order valence-electron chi connectivity index (χ2n) is 5.76. The second-order valence-corrected chi connectivity index (χ2v) is 5.76. The van der Waals surface area contributed by atoms with Crippen molar-refractivity contribution in [2.45, 2.75) is 27.7 Å². The molecular formula is C14H22N2O2. The van der Waals surface area contributed by atoms with Crippen LogP contribution in [0.15, 0.2) is 18.2 Å². The van der Waals surface area contributed by atoms with Crippen molar-refractivity contribution >= 4 is 17.3 Å². The predicted octanol–water partition coefficient (Wildman–Crippen LogP) is 3.06. The summed E-state index contributed by atoms with van der Waals surface area (Å²) in [4.78, 5) is 11.1. The zero-order valence-corrected chi connectivity index (χ0v) is 11.4. The molecule has 0 aliphatic rings. The van der Waals surface area contributed by atoms with Crippen molar-refractivity contribution in [3.05, 3.63) is 23.8 Å². The van der Waals surface area contributed by atoms with Crippen molar-refractivity contribution in [1.29, 1.82) is 0 Å². The highest BCUT2D eigenvalue weighted by atomic mass is 16.4. The van der Waals surface area contributed by atoms with Gasteiger partial charge in [-0.25, -0.2) is 4.79 Å². The van der Waals surface area contributed by atoms with Crippen LogP contribution >= 0.6 is 0 Å². The Hall–Kier alpha value is -1.71. The molecule has 4 nitrogen and oxygen atoms in total. The molecule has 0 spiro atoms. The van der Waals surface area contributed by atoms with Gasteiger partial charge in [-0.05, 0) is 29.5 Å². The van der Waals surface area contributed by atoms with Crippen LogP contribution in [0.4, 0.5) is 11.4 Å². The van der Waals surface area contributed by atoms with E-state index in [1.165, 1.54) is 6.07 Å². The Labute approximate surface area is 108 Å². The van der Waals surface area contributed by atoms with Gasteiger partial charge in [0.2, 0.25) is 0 Å². The fraction of sp³-hybridized carbons (Fsp3) is 0.500. The average Bonchev–Trinajstić information content (AvgIpc) is 2.25. The maximum Gasteiger partial charge on any atom is 0.337 e. The number of nitrogens with two attached hydrogens (primary N) is 1. The van der Waals surface area contributed by atoms with Crippen molar-refractivity contribution in [2.75, 3.05) is 17.6 Å². The van der Waals surface area contributed by atoms with Crippen LogP contribution < -0.4 is 11.1 Å². The van der Waals surface area contributed by atoms with Gasteiger partial charge in [-0.2, -0.15) is 0 Å². The standard InChI is InChI=1S/C14H22N2O2/c1-9(14(2,3)4)8-16-12-6-5-10(15)7-11(12)13(17)18/h5-7,9,16H,8,15H2,1-4H3,(H,17,18). The molecule has 1 aromatic rings. The van der Waals surface area contributed by atoms with E-state index in [1.807, 2.05) is 0 Å². The van der Waals surface area contributed by atoms with Gasteiger partial charge in [0, 0.05) is 17.9 Å². The van der Waals surface area contributed by atoms with Crippen molar-refractivity contribution in [1.82, 2.24) is 0 Å². The Balaban J connectivity index is 2.82. The third-order valence-electron chi connectivity index (χ3n) is 3.35. The third-order valence-corrected chi connectivity index (χ3v) is 3.35. The van der Waals surface area contributed by atoms with Gasteiger partial charge in [0.1, 0.15) is 0 Å². The van der Waals surface area contributed by atoms with Crippen LogP contribution in [0, 0.1) is 11.3 Å². The van der Waals surface area contributed by atoms with E-state index >= 15 is 0 Å². The van der Waals surface area contributed by atoms with Gasteiger partial charge in [0.05, 0.1) is 5.56 Å². The monoisotopic (exact) mass is 250 g/mol. The van der Waals surface area contributed by atoms with E-state index in [0.717, 1.165) is 6.54 Å². The van der Waals surface area contributed by atoms with Gasteiger partial charge in [-0.15, -0.1) is 0 Å².